The van der Waals surface area contributed by atoms with Gasteiger partial charge >= 0.3 is 0 Å². The zero-order valence-electron chi connectivity index (χ0n) is 13.7. The summed E-state index contributed by atoms with van der Waals surface area (Å²) in [5, 5.41) is 5.84. The van der Waals surface area contributed by atoms with Crippen LogP contribution in [-0.2, 0) is 6.54 Å². The maximum absolute atomic E-state index is 13.6. The number of aryl methyl sites for hydroxylation is 1. The lowest BCUT2D eigenvalue weighted by Gasteiger charge is -2.11. The first-order chi connectivity index (χ1) is 12.1. The van der Waals surface area contributed by atoms with Crippen LogP contribution in [0.3, 0.4) is 0 Å². The largest absolute Gasteiger partial charge is 0.365 e. The summed E-state index contributed by atoms with van der Waals surface area (Å²) < 4.78 is 13.6. The topological polar surface area (TPSA) is 66.9 Å². The highest BCUT2D eigenvalue weighted by Gasteiger charge is 2.13. The summed E-state index contributed by atoms with van der Waals surface area (Å²) >= 11 is 0. The molecule has 0 saturated carbocycles. The lowest BCUT2D eigenvalue weighted by Crippen LogP contribution is -2.16. The van der Waals surface area contributed by atoms with Gasteiger partial charge in [-0.15, -0.1) is 0 Å². The van der Waals surface area contributed by atoms with Crippen molar-refractivity contribution in [3.8, 4) is 0 Å². The number of halogens is 1. The molecule has 0 bridgehead atoms. The van der Waals surface area contributed by atoms with Crippen LogP contribution in [0.15, 0.2) is 61.1 Å². The van der Waals surface area contributed by atoms with E-state index in [1.807, 2.05) is 12.1 Å². The van der Waals surface area contributed by atoms with E-state index >= 15 is 0 Å². The van der Waals surface area contributed by atoms with E-state index in [0.29, 0.717) is 29.2 Å². The first-order valence-corrected chi connectivity index (χ1v) is 7.79. The average molecular weight is 336 g/mol. The number of benzene rings is 1. The van der Waals surface area contributed by atoms with Crippen LogP contribution in [0.2, 0.25) is 0 Å². The second-order valence-electron chi connectivity index (χ2n) is 5.53. The molecule has 0 fully saturated rings. The molecule has 3 aromatic rings. The number of carbonyl (C=O) groups excluding carboxylic acids is 1. The molecule has 1 aromatic carbocycles. The highest BCUT2D eigenvalue weighted by Crippen LogP contribution is 2.18. The molecule has 1 amide bonds. The average Bonchev–Trinajstić information content (AvgIpc) is 2.64. The quantitative estimate of drug-likeness (QED) is 0.744. The molecule has 3 rings (SSSR count). The van der Waals surface area contributed by atoms with Crippen molar-refractivity contribution >= 4 is 17.4 Å². The third-order valence-corrected chi connectivity index (χ3v) is 3.69. The number of aromatic nitrogens is 2. The number of hydrogen-bond donors (Lipinski definition) is 2. The standard InChI is InChI=1S/C19H17FN4O/c1-13-4-5-15(11-17(13)20)24-19(25)16-3-2-8-22-18(16)23-12-14-6-9-21-10-7-14/h2-11H,12H2,1H3,(H,22,23)(H,24,25). The zero-order valence-corrected chi connectivity index (χ0v) is 13.7. The summed E-state index contributed by atoms with van der Waals surface area (Å²) in [6.07, 6.45) is 5.02. The Hall–Kier alpha value is -3.28. The molecule has 0 atom stereocenters. The van der Waals surface area contributed by atoms with Gasteiger partial charge in [-0.25, -0.2) is 9.37 Å². The maximum atomic E-state index is 13.6. The molecule has 0 unspecified atom stereocenters. The Morgan fingerprint density at radius 3 is 2.68 bits per heavy atom. The summed E-state index contributed by atoms with van der Waals surface area (Å²) in [5.74, 6) is -0.252. The number of amides is 1. The molecule has 0 spiro atoms. The van der Waals surface area contributed by atoms with Crippen molar-refractivity contribution in [3.05, 3.63) is 83.6 Å². The van der Waals surface area contributed by atoms with E-state index in [9.17, 15) is 9.18 Å². The molecular formula is C19H17FN4O. The predicted molar refractivity (Wildman–Crippen MR) is 94.9 cm³/mol. The number of rotatable bonds is 5. The molecule has 0 aliphatic heterocycles. The second kappa shape index (κ2) is 7.53. The highest BCUT2D eigenvalue weighted by molar-refractivity contribution is 6.07. The van der Waals surface area contributed by atoms with Crippen LogP contribution in [-0.4, -0.2) is 15.9 Å². The van der Waals surface area contributed by atoms with Crippen molar-refractivity contribution in [1.82, 2.24) is 9.97 Å². The SMILES string of the molecule is Cc1ccc(NC(=O)c2cccnc2NCc2ccncc2)cc1F. The molecule has 25 heavy (non-hydrogen) atoms. The van der Waals surface area contributed by atoms with Crippen molar-refractivity contribution in [2.75, 3.05) is 10.6 Å². The second-order valence-corrected chi connectivity index (χ2v) is 5.53. The van der Waals surface area contributed by atoms with Crippen molar-refractivity contribution in [3.63, 3.8) is 0 Å². The number of pyridine rings is 2. The van der Waals surface area contributed by atoms with Gasteiger partial charge in [0.15, 0.2) is 0 Å². The normalized spacial score (nSPS) is 10.3. The Bertz CT molecular complexity index is 884. The van der Waals surface area contributed by atoms with Crippen LogP contribution < -0.4 is 10.6 Å². The monoisotopic (exact) mass is 336 g/mol. The van der Waals surface area contributed by atoms with Gasteiger partial charge in [-0.1, -0.05) is 6.07 Å². The van der Waals surface area contributed by atoms with E-state index in [4.69, 9.17) is 0 Å². The number of anilines is 2. The summed E-state index contributed by atoms with van der Waals surface area (Å²) in [7, 11) is 0. The summed E-state index contributed by atoms with van der Waals surface area (Å²) in [6, 6.07) is 11.7. The van der Waals surface area contributed by atoms with Gasteiger partial charge in [0, 0.05) is 30.8 Å². The fourth-order valence-corrected chi connectivity index (χ4v) is 2.28. The fourth-order valence-electron chi connectivity index (χ4n) is 2.28. The molecule has 0 radical (unpaired) electrons. The minimum Gasteiger partial charge on any atom is -0.365 e. The Kier molecular flexibility index (Phi) is 4.99. The third-order valence-electron chi connectivity index (χ3n) is 3.69. The van der Waals surface area contributed by atoms with Crippen LogP contribution in [0.5, 0.6) is 0 Å². The van der Waals surface area contributed by atoms with Gasteiger partial charge in [-0.2, -0.15) is 0 Å². The fraction of sp³-hybridized carbons (Fsp3) is 0.105. The van der Waals surface area contributed by atoms with Crippen LogP contribution in [0.4, 0.5) is 15.9 Å². The number of hydrogen-bond acceptors (Lipinski definition) is 4. The summed E-state index contributed by atoms with van der Waals surface area (Å²) in [4.78, 5) is 20.7. The van der Waals surface area contributed by atoms with Gasteiger partial charge in [0.25, 0.3) is 5.91 Å². The molecule has 2 N–H and O–H groups in total. The van der Waals surface area contributed by atoms with Crippen LogP contribution >= 0.6 is 0 Å². The Morgan fingerprint density at radius 2 is 1.92 bits per heavy atom. The lowest BCUT2D eigenvalue weighted by atomic mass is 10.2. The molecule has 2 aromatic heterocycles. The molecule has 5 nitrogen and oxygen atoms in total. The predicted octanol–water partition coefficient (Wildman–Crippen LogP) is 3.79. The maximum Gasteiger partial charge on any atom is 0.259 e. The minimum atomic E-state index is -0.361. The van der Waals surface area contributed by atoms with Crippen molar-refractivity contribution in [2.45, 2.75) is 13.5 Å². The molecule has 6 heteroatoms. The smallest absolute Gasteiger partial charge is 0.259 e. The van der Waals surface area contributed by atoms with E-state index in [-0.39, 0.29) is 11.7 Å². The van der Waals surface area contributed by atoms with Gasteiger partial charge in [-0.05, 0) is 54.4 Å². The minimum absolute atomic E-state index is 0.353. The van der Waals surface area contributed by atoms with Gasteiger partial charge in [-0.3, -0.25) is 9.78 Å². The van der Waals surface area contributed by atoms with E-state index in [2.05, 4.69) is 20.6 Å². The Morgan fingerprint density at radius 1 is 1.12 bits per heavy atom. The molecule has 0 aliphatic carbocycles. The number of nitrogens with one attached hydrogen (secondary N) is 2. The molecule has 0 saturated heterocycles. The summed E-state index contributed by atoms with van der Waals surface area (Å²) in [6.45, 7) is 2.18. The zero-order chi connectivity index (χ0) is 17.6. The molecule has 2 heterocycles. The van der Waals surface area contributed by atoms with Crippen molar-refractivity contribution < 1.29 is 9.18 Å². The first-order valence-electron chi connectivity index (χ1n) is 7.79. The first kappa shape index (κ1) is 16.6. The van der Waals surface area contributed by atoms with E-state index < -0.39 is 0 Å². The van der Waals surface area contributed by atoms with Crippen LogP contribution in [0.25, 0.3) is 0 Å². The summed E-state index contributed by atoms with van der Waals surface area (Å²) in [5.41, 5.74) is 2.33. The van der Waals surface area contributed by atoms with Gasteiger partial charge < -0.3 is 10.6 Å². The van der Waals surface area contributed by atoms with Gasteiger partial charge in [0.05, 0.1) is 5.56 Å². The third kappa shape index (κ3) is 4.17. The van der Waals surface area contributed by atoms with E-state index in [0.717, 1.165) is 5.56 Å². The van der Waals surface area contributed by atoms with Gasteiger partial charge in [0.1, 0.15) is 11.6 Å². The van der Waals surface area contributed by atoms with Crippen LogP contribution in [0.1, 0.15) is 21.5 Å². The Balaban J connectivity index is 1.75. The molecule has 0 aliphatic rings. The van der Waals surface area contributed by atoms with E-state index in [1.165, 1.54) is 6.07 Å². The van der Waals surface area contributed by atoms with Gasteiger partial charge in [0.2, 0.25) is 0 Å². The number of carbonyl (C=O) groups is 1. The molecule has 126 valence electrons. The van der Waals surface area contributed by atoms with Crippen molar-refractivity contribution in [2.24, 2.45) is 0 Å². The lowest BCUT2D eigenvalue weighted by molar-refractivity contribution is 0.102. The van der Waals surface area contributed by atoms with E-state index in [1.54, 1.807) is 49.8 Å². The van der Waals surface area contributed by atoms with Crippen molar-refractivity contribution in [1.29, 1.82) is 0 Å². The van der Waals surface area contributed by atoms with Crippen LogP contribution in [0, 0.1) is 12.7 Å². The number of nitrogens with zero attached hydrogens (tertiary/aromatic N) is 2. The Labute approximate surface area is 145 Å². The molecular weight excluding hydrogens is 319 g/mol. The highest BCUT2D eigenvalue weighted by atomic mass is 19.1.